The Morgan fingerprint density at radius 1 is 1.00 bits per heavy atom. The van der Waals surface area contributed by atoms with E-state index in [1.165, 1.54) is 11.1 Å². The molecule has 1 aromatic carbocycles. The van der Waals surface area contributed by atoms with Crippen LogP contribution in [0.2, 0.25) is 0 Å². The summed E-state index contributed by atoms with van der Waals surface area (Å²) in [5.41, 5.74) is 2.90. The van der Waals surface area contributed by atoms with Crippen molar-refractivity contribution in [3.8, 4) is 0 Å². The molecule has 2 nitrogen and oxygen atoms in total. The molecule has 0 unspecified atom stereocenters. The lowest BCUT2D eigenvalue weighted by Gasteiger charge is -2.19. The maximum atomic E-state index is 5.27. The van der Waals surface area contributed by atoms with Gasteiger partial charge < -0.3 is 9.73 Å². The van der Waals surface area contributed by atoms with E-state index in [4.69, 9.17) is 4.42 Å². The maximum absolute atomic E-state index is 5.27. The summed E-state index contributed by atoms with van der Waals surface area (Å²) in [6.07, 6.45) is 1.70. The van der Waals surface area contributed by atoms with Crippen LogP contribution >= 0.6 is 0 Å². The summed E-state index contributed by atoms with van der Waals surface area (Å²) in [6, 6.07) is 12.7. The number of furan rings is 1. The molecule has 0 saturated carbocycles. The molecule has 2 heteroatoms. The zero-order valence-corrected chi connectivity index (χ0v) is 11.4. The second-order valence-corrected chi connectivity index (χ2v) is 5.63. The molecule has 18 heavy (non-hydrogen) atoms. The van der Waals surface area contributed by atoms with Gasteiger partial charge in [-0.1, -0.05) is 45.0 Å². The summed E-state index contributed by atoms with van der Waals surface area (Å²) in [4.78, 5) is 0. The Labute approximate surface area is 109 Å². The van der Waals surface area contributed by atoms with Crippen molar-refractivity contribution in [1.29, 1.82) is 0 Å². The highest BCUT2D eigenvalue weighted by molar-refractivity contribution is 5.27. The zero-order valence-electron chi connectivity index (χ0n) is 11.4. The van der Waals surface area contributed by atoms with E-state index < -0.39 is 0 Å². The number of nitrogens with one attached hydrogen (secondary N) is 1. The first-order chi connectivity index (χ1) is 8.55. The van der Waals surface area contributed by atoms with Crippen LogP contribution in [0, 0.1) is 0 Å². The highest BCUT2D eigenvalue weighted by atomic mass is 16.3. The van der Waals surface area contributed by atoms with Gasteiger partial charge in [0.1, 0.15) is 5.76 Å². The quantitative estimate of drug-likeness (QED) is 0.882. The lowest BCUT2D eigenvalue weighted by molar-refractivity contribution is 0.483. The summed E-state index contributed by atoms with van der Waals surface area (Å²) < 4.78 is 5.27. The molecular formula is C16H21NO. The third kappa shape index (κ3) is 3.47. The van der Waals surface area contributed by atoms with Crippen LogP contribution in [-0.4, -0.2) is 0 Å². The van der Waals surface area contributed by atoms with Crippen LogP contribution in [0.15, 0.2) is 47.1 Å². The molecule has 0 aliphatic carbocycles. The molecule has 2 aromatic rings. The van der Waals surface area contributed by atoms with E-state index in [0.717, 1.165) is 18.8 Å². The third-order valence-electron chi connectivity index (χ3n) is 3.03. The van der Waals surface area contributed by atoms with Gasteiger partial charge in [0, 0.05) is 6.54 Å². The number of hydrogen-bond donors (Lipinski definition) is 1. The first-order valence-electron chi connectivity index (χ1n) is 6.38. The Kier molecular flexibility index (Phi) is 3.87. The van der Waals surface area contributed by atoms with Gasteiger partial charge in [-0.25, -0.2) is 0 Å². The molecule has 1 aromatic heterocycles. The molecule has 0 amide bonds. The van der Waals surface area contributed by atoms with E-state index in [1.54, 1.807) is 6.26 Å². The lowest BCUT2D eigenvalue weighted by atomic mass is 9.87. The molecule has 0 radical (unpaired) electrons. The molecule has 0 fully saturated rings. The smallest absolute Gasteiger partial charge is 0.117 e. The monoisotopic (exact) mass is 243 g/mol. The Hall–Kier alpha value is -1.54. The fourth-order valence-corrected chi connectivity index (χ4v) is 1.87. The van der Waals surface area contributed by atoms with Gasteiger partial charge in [0.15, 0.2) is 0 Å². The van der Waals surface area contributed by atoms with Crippen molar-refractivity contribution in [2.24, 2.45) is 0 Å². The van der Waals surface area contributed by atoms with Crippen molar-refractivity contribution >= 4 is 0 Å². The van der Waals surface area contributed by atoms with Crippen molar-refractivity contribution in [3.63, 3.8) is 0 Å². The van der Waals surface area contributed by atoms with Crippen LogP contribution < -0.4 is 5.32 Å². The van der Waals surface area contributed by atoms with Gasteiger partial charge in [-0.3, -0.25) is 0 Å². The first-order valence-corrected chi connectivity index (χ1v) is 6.38. The Morgan fingerprint density at radius 3 is 2.28 bits per heavy atom. The van der Waals surface area contributed by atoms with Crippen LogP contribution in [0.5, 0.6) is 0 Å². The van der Waals surface area contributed by atoms with Gasteiger partial charge in [0.2, 0.25) is 0 Å². The minimum absolute atomic E-state index is 0.222. The predicted octanol–water partition coefficient (Wildman–Crippen LogP) is 3.87. The summed E-state index contributed by atoms with van der Waals surface area (Å²) >= 11 is 0. The molecular weight excluding hydrogens is 222 g/mol. The van der Waals surface area contributed by atoms with Gasteiger partial charge in [-0.15, -0.1) is 0 Å². The topological polar surface area (TPSA) is 25.2 Å². The maximum Gasteiger partial charge on any atom is 0.117 e. The predicted molar refractivity (Wildman–Crippen MR) is 74.4 cm³/mol. The van der Waals surface area contributed by atoms with Crippen molar-refractivity contribution in [3.05, 3.63) is 59.5 Å². The molecule has 0 spiro atoms. The van der Waals surface area contributed by atoms with Gasteiger partial charge in [-0.2, -0.15) is 0 Å². The third-order valence-corrected chi connectivity index (χ3v) is 3.03. The lowest BCUT2D eigenvalue weighted by Crippen LogP contribution is -2.13. The van der Waals surface area contributed by atoms with Crippen molar-refractivity contribution < 1.29 is 4.42 Å². The van der Waals surface area contributed by atoms with E-state index in [-0.39, 0.29) is 5.41 Å². The normalized spacial score (nSPS) is 11.7. The van der Waals surface area contributed by atoms with Gasteiger partial charge in [-0.05, 0) is 28.7 Å². The zero-order chi connectivity index (χ0) is 13.0. The SMILES string of the molecule is CC(C)(C)c1ccc(CNCc2ccco2)cc1. The van der Waals surface area contributed by atoms with Crippen molar-refractivity contribution in [1.82, 2.24) is 5.32 Å². The molecule has 0 atom stereocenters. The largest absolute Gasteiger partial charge is 0.468 e. The summed E-state index contributed by atoms with van der Waals surface area (Å²) in [6.45, 7) is 8.34. The van der Waals surface area contributed by atoms with E-state index in [0.29, 0.717) is 0 Å². The molecule has 96 valence electrons. The number of benzene rings is 1. The van der Waals surface area contributed by atoms with E-state index in [9.17, 15) is 0 Å². The first kappa shape index (κ1) is 12.9. The van der Waals surface area contributed by atoms with E-state index >= 15 is 0 Å². The number of rotatable bonds is 4. The molecule has 1 N–H and O–H groups in total. The second kappa shape index (κ2) is 5.40. The van der Waals surface area contributed by atoms with E-state index in [2.05, 4.69) is 50.4 Å². The van der Waals surface area contributed by atoms with Gasteiger partial charge in [0.25, 0.3) is 0 Å². The average Bonchev–Trinajstić information content (AvgIpc) is 2.82. The fraction of sp³-hybridized carbons (Fsp3) is 0.375. The van der Waals surface area contributed by atoms with Crippen molar-refractivity contribution in [2.75, 3.05) is 0 Å². The van der Waals surface area contributed by atoms with Gasteiger partial charge in [0.05, 0.1) is 12.8 Å². The van der Waals surface area contributed by atoms with Crippen LogP contribution in [0.4, 0.5) is 0 Å². The molecule has 2 rings (SSSR count). The fourth-order valence-electron chi connectivity index (χ4n) is 1.87. The minimum atomic E-state index is 0.222. The average molecular weight is 243 g/mol. The highest BCUT2D eigenvalue weighted by Crippen LogP contribution is 2.22. The second-order valence-electron chi connectivity index (χ2n) is 5.63. The van der Waals surface area contributed by atoms with Crippen LogP contribution in [-0.2, 0) is 18.5 Å². The molecule has 0 saturated heterocycles. The summed E-state index contributed by atoms with van der Waals surface area (Å²) in [5, 5.41) is 3.37. The molecule has 0 bridgehead atoms. The summed E-state index contributed by atoms with van der Waals surface area (Å²) in [5.74, 6) is 0.973. The van der Waals surface area contributed by atoms with E-state index in [1.807, 2.05) is 12.1 Å². The van der Waals surface area contributed by atoms with Crippen LogP contribution in [0.25, 0.3) is 0 Å². The molecule has 0 aliphatic rings. The van der Waals surface area contributed by atoms with Crippen molar-refractivity contribution in [2.45, 2.75) is 39.3 Å². The Balaban J connectivity index is 1.87. The summed E-state index contributed by atoms with van der Waals surface area (Å²) in [7, 11) is 0. The number of hydrogen-bond acceptors (Lipinski definition) is 2. The highest BCUT2D eigenvalue weighted by Gasteiger charge is 2.12. The molecule has 1 heterocycles. The Bertz CT molecular complexity index is 463. The Morgan fingerprint density at radius 2 is 1.72 bits per heavy atom. The standard InChI is InChI=1S/C16H21NO/c1-16(2,3)14-8-6-13(7-9-14)11-17-12-15-5-4-10-18-15/h4-10,17H,11-12H2,1-3H3. The van der Waals surface area contributed by atoms with Gasteiger partial charge >= 0.3 is 0 Å². The van der Waals surface area contributed by atoms with Crippen LogP contribution in [0.1, 0.15) is 37.7 Å². The van der Waals surface area contributed by atoms with Crippen LogP contribution in [0.3, 0.4) is 0 Å². The minimum Gasteiger partial charge on any atom is -0.468 e. The molecule has 0 aliphatic heterocycles.